The third-order valence-electron chi connectivity index (χ3n) is 13.2. The van der Waals surface area contributed by atoms with Crippen LogP contribution < -0.4 is 15.4 Å². The zero-order chi connectivity index (χ0) is 48.6. The van der Waals surface area contributed by atoms with E-state index in [0.717, 1.165) is 79.6 Å². The first-order valence-corrected chi connectivity index (χ1v) is 24.6. The number of benzene rings is 8. The Kier molecular flexibility index (Phi) is 12.4. The molecule has 0 fully saturated rings. The molecule has 0 unspecified atom stereocenters. The van der Waals surface area contributed by atoms with Gasteiger partial charge >= 0.3 is 0 Å². The summed E-state index contributed by atoms with van der Waals surface area (Å²) in [5.74, 6) is 2.85. The Morgan fingerprint density at radius 1 is 0.486 bits per heavy atom. The van der Waals surface area contributed by atoms with Gasteiger partial charge in [-0.2, -0.15) is 0 Å². The molecule has 70 heavy (non-hydrogen) atoms. The molecule has 0 radical (unpaired) electrons. The van der Waals surface area contributed by atoms with Gasteiger partial charge in [-0.1, -0.05) is 189 Å². The van der Waals surface area contributed by atoms with Gasteiger partial charge in [0.25, 0.3) is 0 Å². The maximum Gasteiger partial charge on any atom is 0.137 e. The predicted molar refractivity (Wildman–Crippen MR) is 297 cm³/mol. The van der Waals surface area contributed by atoms with Crippen LogP contribution in [0, 0.1) is 5.92 Å². The number of hydrogen-bond donors (Lipinski definition) is 2. The molecule has 2 N–H and O–H groups in total. The topological polar surface area (TPSA) is 51.1 Å². The SMILES string of the molecule is CC(C)Cc1cc(-n2c3ccccc3c3ccc(Oc4cccc(Nc5ccccc5Nc5c(-c6ccccc6)cccc5-c5cc(C(C)(C)C)cc(C(C)(C)C)c5)c4)cc32)ncc1-c1ccccc1. The summed E-state index contributed by atoms with van der Waals surface area (Å²) in [6.07, 6.45) is 2.99. The van der Waals surface area contributed by atoms with E-state index in [2.05, 4.69) is 253 Å². The number of rotatable bonds is 12. The van der Waals surface area contributed by atoms with Gasteiger partial charge in [-0.15, -0.1) is 0 Å². The van der Waals surface area contributed by atoms with Crippen molar-refractivity contribution in [1.29, 1.82) is 0 Å². The van der Waals surface area contributed by atoms with Gasteiger partial charge in [0.05, 0.1) is 28.1 Å². The molecule has 10 rings (SSSR count). The standard InChI is InChI=1S/C65H62N4O/c1-43(2)35-46-38-62(66-42-57(46)45-23-13-10-14-24-45)69-60-32-18-15-27-55(60)56-34-33-52(41-61(56)69)70-51-26-19-25-50(40-51)67-58-30-16-17-31-59(58)68-63-53(44-21-11-9-12-22-44)28-20-29-54(63)47-36-48(64(3,4)5)39-49(37-47)65(6,7)8/h9-34,36-43,67-68H,35H2,1-8H3. The van der Waals surface area contributed by atoms with Crippen molar-refractivity contribution < 1.29 is 4.74 Å². The second-order valence-corrected chi connectivity index (χ2v) is 21.0. The lowest BCUT2D eigenvalue weighted by atomic mass is 9.78. The monoisotopic (exact) mass is 914 g/mol. The molecule has 0 aliphatic heterocycles. The van der Waals surface area contributed by atoms with Crippen LogP contribution in [0.1, 0.15) is 72.1 Å². The van der Waals surface area contributed by atoms with Crippen molar-refractivity contribution in [1.82, 2.24) is 9.55 Å². The van der Waals surface area contributed by atoms with Crippen molar-refractivity contribution in [3.8, 4) is 50.7 Å². The van der Waals surface area contributed by atoms with Gasteiger partial charge in [0, 0.05) is 51.5 Å². The summed E-state index contributed by atoms with van der Waals surface area (Å²) >= 11 is 0. The predicted octanol–water partition coefficient (Wildman–Crippen LogP) is 18.3. The van der Waals surface area contributed by atoms with Crippen molar-refractivity contribution in [2.24, 2.45) is 5.92 Å². The van der Waals surface area contributed by atoms with Crippen molar-refractivity contribution in [2.45, 2.75) is 72.6 Å². The summed E-state index contributed by atoms with van der Waals surface area (Å²) in [6.45, 7) is 18.3. The number of hydrogen-bond acceptors (Lipinski definition) is 4. The van der Waals surface area contributed by atoms with Gasteiger partial charge in [0.1, 0.15) is 17.3 Å². The summed E-state index contributed by atoms with van der Waals surface area (Å²) in [7, 11) is 0. The van der Waals surface area contributed by atoms with Crippen LogP contribution in [0.4, 0.5) is 22.7 Å². The second-order valence-electron chi connectivity index (χ2n) is 21.0. The molecule has 5 heteroatoms. The summed E-state index contributed by atoms with van der Waals surface area (Å²) in [5, 5.41) is 10.0. The number of anilines is 4. The van der Waals surface area contributed by atoms with Crippen LogP contribution in [0.2, 0.25) is 0 Å². The Balaban J connectivity index is 0.989. The van der Waals surface area contributed by atoms with E-state index in [1.165, 1.54) is 38.8 Å². The first kappa shape index (κ1) is 45.9. The number of nitrogens with zero attached hydrogens (tertiary/aromatic N) is 2. The first-order valence-electron chi connectivity index (χ1n) is 24.6. The third kappa shape index (κ3) is 9.57. The minimum Gasteiger partial charge on any atom is -0.457 e. The fourth-order valence-electron chi connectivity index (χ4n) is 9.55. The van der Waals surface area contributed by atoms with E-state index in [1.54, 1.807) is 0 Å². The fraction of sp³-hybridized carbons (Fsp3) is 0.185. The Morgan fingerprint density at radius 3 is 1.73 bits per heavy atom. The highest BCUT2D eigenvalue weighted by atomic mass is 16.5. The quantitative estimate of drug-likeness (QED) is 0.128. The molecule has 348 valence electrons. The molecule has 0 saturated heterocycles. The van der Waals surface area contributed by atoms with E-state index in [9.17, 15) is 0 Å². The van der Waals surface area contributed by atoms with E-state index < -0.39 is 0 Å². The van der Waals surface area contributed by atoms with E-state index in [0.29, 0.717) is 5.92 Å². The highest BCUT2D eigenvalue weighted by Crippen LogP contribution is 2.44. The average molecular weight is 915 g/mol. The lowest BCUT2D eigenvalue weighted by molar-refractivity contribution is 0.483. The largest absolute Gasteiger partial charge is 0.457 e. The molecule has 2 aromatic heterocycles. The minimum absolute atomic E-state index is 0.0208. The molecular formula is C65H62N4O. The summed E-state index contributed by atoms with van der Waals surface area (Å²) < 4.78 is 9.02. The van der Waals surface area contributed by atoms with Crippen LogP contribution in [-0.4, -0.2) is 9.55 Å². The lowest BCUT2D eigenvalue weighted by Gasteiger charge is -2.27. The second kappa shape index (κ2) is 18.9. The van der Waals surface area contributed by atoms with Gasteiger partial charge < -0.3 is 15.4 Å². The van der Waals surface area contributed by atoms with Crippen molar-refractivity contribution in [2.75, 3.05) is 10.6 Å². The number of fused-ring (bicyclic) bond motifs is 3. The van der Waals surface area contributed by atoms with Crippen molar-refractivity contribution >= 4 is 44.6 Å². The number of ether oxygens (including phenoxy) is 1. The third-order valence-corrected chi connectivity index (χ3v) is 13.2. The van der Waals surface area contributed by atoms with Gasteiger partial charge in [-0.05, 0) is 105 Å². The smallest absolute Gasteiger partial charge is 0.137 e. The molecule has 0 saturated carbocycles. The molecule has 2 heterocycles. The van der Waals surface area contributed by atoms with Crippen LogP contribution in [0.25, 0.3) is 61.0 Å². The summed E-state index contributed by atoms with van der Waals surface area (Å²) in [5.41, 5.74) is 16.9. The molecule has 0 atom stereocenters. The molecule has 8 aromatic carbocycles. The van der Waals surface area contributed by atoms with Crippen molar-refractivity contribution in [3.63, 3.8) is 0 Å². The van der Waals surface area contributed by atoms with Crippen LogP contribution in [0.5, 0.6) is 11.5 Å². The van der Waals surface area contributed by atoms with E-state index in [-0.39, 0.29) is 10.8 Å². The molecule has 0 spiro atoms. The molecule has 0 amide bonds. The van der Waals surface area contributed by atoms with Crippen LogP contribution in [0.15, 0.2) is 200 Å². The van der Waals surface area contributed by atoms with Crippen molar-refractivity contribution in [3.05, 3.63) is 217 Å². The Hall–Kier alpha value is -7.89. The number of pyridine rings is 1. The highest BCUT2D eigenvalue weighted by Gasteiger charge is 2.23. The summed E-state index contributed by atoms with van der Waals surface area (Å²) in [4.78, 5) is 5.14. The average Bonchev–Trinajstić information content (AvgIpc) is 3.68. The summed E-state index contributed by atoms with van der Waals surface area (Å²) in [6, 6.07) is 68.9. The molecule has 5 nitrogen and oxygen atoms in total. The van der Waals surface area contributed by atoms with Gasteiger partial charge in [-0.3, -0.25) is 4.57 Å². The van der Waals surface area contributed by atoms with E-state index in [4.69, 9.17) is 9.72 Å². The fourth-order valence-corrected chi connectivity index (χ4v) is 9.55. The van der Waals surface area contributed by atoms with Gasteiger partial charge in [-0.25, -0.2) is 4.98 Å². The first-order chi connectivity index (χ1) is 33.8. The zero-order valence-corrected chi connectivity index (χ0v) is 41.6. The zero-order valence-electron chi connectivity index (χ0n) is 41.6. The molecule has 10 aromatic rings. The maximum absolute atomic E-state index is 6.74. The normalized spacial score (nSPS) is 11.9. The minimum atomic E-state index is -0.0208. The number of para-hydroxylation sites is 4. The molecular weight excluding hydrogens is 853 g/mol. The van der Waals surface area contributed by atoms with E-state index in [1.807, 2.05) is 18.3 Å². The Labute approximate surface area is 413 Å². The van der Waals surface area contributed by atoms with Gasteiger partial charge in [0.15, 0.2) is 0 Å². The number of nitrogens with one attached hydrogen (secondary N) is 2. The van der Waals surface area contributed by atoms with Crippen LogP contribution >= 0.6 is 0 Å². The maximum atomic E-state index is 6.74. The highest BCUT2D eigenvalue weighted by molar-refractivity contribution is 6.09. The molecule has 0 aliphatic rings. The molecule has 0 aliphatic carbocycles. The van der Waals surface area contributed by atoms with Gasteiger partial charge in [0.2, 0.25) is 0 Å². The van der Waals surface area contributed by atoms with Crippen LogP contribution in [0.3, 0.4) is 0 Å². The number of aromatic nitrogens is 2. The Bertz CT molecular complexity index is 3450. The molecule has 0 bridgehead atoms. The van der Waals surface area contributed by atoms with E-state index >= 15 is 0 Å². The lowest BCUT2D eigenvalue weighted by Crippen LogP contribution is -2.16. The Morgan fingerprint density at radius 2 is 1.06 bits per heavy atom. The van der Waals surface area contributed by atoms with Crippen LogP contribution in [-0.2, 0) is 17.3 Å².